The van der Waals surface area contributed by atoms with Crippen LogP contribution in [0.5, 0.6) is 0 Å². The van der Waals surface area contributed by atoms with Crippen LogP contribution in [0.1, 0.15) is 16.7 Å². The van der Waals surface area contributed by atoms with E-state index in [0.717, 1.165) is 33.9 Å². The van der Waals surface area contributed by atoms with Crippen molar-refractivity contribution >= 4 is 35.3 Å². The Kier molecular flexibility index (Phi) is 18.7. The molecular formula is C54H42IrN3S3. The van der Waals surface area contributed by atoms with Gasteiger partial charge >= 0.3 is 20.1 Å². The molecule has 0 amide bonds. The van der Waals surface area contributed by atoms with Crippen molar-refractivity contribution in [2.24, 2.45) is 0 Å². The van der Waals surface area contributed by atoms with Crippen LogP contribution in [0.25, 0.3) is 33.4 Å². The van der Waals surface area contributed by atoms with E-state index in [0.29, 0.717) is 0 Å². The Labute approximate surface area is 387 Å². The van der Waals surface area contributed by atoms with E-state index in [1.807, 2.05) is 71.7 Å². The molecule has 0 aliphatic rings. The van der Waals surface area contributed by atoms with Gasteiger partial charge in [0.05, 0.1) is 0 Å². The summed E-state index contributed by atoms with van der Waals surface area (Å²) in [7, 11) is 0. The van der Waals surface area contributed by atoms with Crippen molar-refractivity contribution in [1.29, 1.82) is 0 Å². The molecule has 0 saturated carbocycles. The Morgan fingerprint density at radius 3 is 0.820 bits per heavy atom. The van der Waals surface area contributed by atoms with Gasteiger partial charge in [-0.3, -0.25) is 0 Å². The van der Waals surface area contributed by atoms with E-state index in [2.05, 4.69) is 197 Å². The first kappa shape index (κ1) is 45.0. The third-order valence-corrected chi connectivity index (χ3v) is 12.5. The van der Waals surface area contributed by atoms with Gasteiger partial charge in [0.1, 0.15) is 0 Å². The maximum atomic E-state index is 4.09. The van der Waals surface area contributed by atoms with Gasteiger partial charge < -0.3 is 15.0 Å². The van der Waals surface area contributed by atoms with E-state index in [1.54, 1.807) is 18.6 Å². The number of benzene rings is 6. The number of aromatic nitrogens is 3. The Morgan fingerprint density at radius 1 is 0.295 bits per heavy atom. The van der Waals surface area contributed by atoms with E-state index in [-0.39, 0.29) is 20.1 Å². The van der Waals surface area contributed by atoms with Crippen molar-refractivity contribution in [1.82, 2.24) is 15.0 Å². The number of thioether (sulfide) groups is 3. The van der Waals surface area contributed by atoms with Gasteiger partial charge in [-0.2, -0.15) is 0 Å². The Bertz CT molecular complexity index is 2290. The molecule has 7 heteroatoms. The minimum Gasteiger partial charge on any atom is -0.360 e. The normalized spacial score (nSPS) is 10.2. The third kappa shape index (κ3) is 14.3. The molecule has 9 rings (SSSR count). The van der Waals surface area contributed by atoms with Gasteiger partial charge in [0.2, 0.25) is 0 Å². The fourth-order valence-electron chi connectivity index (χ4n) is 6.08. The fraction of sp³-hybridized carbons (Fsp3) is 0.0556. The van der Waals surface area contributed by atoms with Crippen LogP contribution in [0.2, 0.25) is 0 Å². The molecule has 9 aromatic rings. The standard InChI is InChI=1S/3C18H14NS.Ir/c3*1-2-7-15(8-3-1)14-20-18-11-5-4-10-17(18)16-9-6-12-19-13-16;/h3*1-12H,14H2;/q3*-1;+3. The summed E-state index contributed by atoms with van der Waals surface area (Å²) in [5.41, 5.74) is 10.7. The third-order valence-electron chi connectivity index (χ3n) is 9.07. The second kappa shape index (κ2) is 25.3. The quantitative estimate of drug-likeness (QED) is 0.0897. The average molecular weight is 1020 g/mol. The first-order chi connectivity index (χ1) is 29.8. The second-order valence-corrected chi connectivity index (χ2v) is 16.4. The Balaban J connectivity index is 0.000000152. The fourth-order valence-corrected chi connectivity index (χ4v) is 9.15. The Hall–Kier alpha value is -5.53. The second-order valence-electron chi connectivity index (χ2n) is 13.3. The van der Waals surface area contributed by atoms with Crippen LogP contribution in [0.3, 0.4) is 0 Å². The summed E-state index contributed by atoms with van der Waals surface area (Å²) in [6.45, 7) is 0. The molecule has 3 aromatic heterocycles. The average Bonchev–Trinajstić information content (AvgIpc) is 3.34. The van der Waals surface area contributed by atoms with E-state index in [1.165, 1.54) is 48.1 Å². The van der Waals surface area contributed by atoms with Gasteiger partial charge in [0.15, 0.2) is 0 Å². The molecule has 0 unspecified atom stereocenters. The van der Waals surface area contributed by atoms with Gasteiger partial charge in [-0.1, -0.05) is 199 Å². The zero-order valence-corrected chi connectivity index (χ0v) is 38.2. The van der Waals surface area contributed by atoms with E-state index >= 15 is 0 Å². The number of rotatable bonds is 12. The largest absolute Gasteiger partial charge is 3.00 e. The summed E-state index contributed by atoms with van der Waals surface area (Å²) in [4.78, 5) is 16.1. The van der Waals surface area contributed by atoms with Crippen LogP contribution in [0.4, 0.5) is 0 Å². The first-order valence-corrected chi connectivity index (χ1v) is 22.5. The van der Waals surface area contributed by atoms with Crippen molar-refractivity contribution in [3.8, 4) is 33.4 Å². The predicted molar refractivity (Wildman–Crippen MR) is 254 cm³/mol. The molecule has 0 aliphatic carbocycles. The zero-order chi connectivity index (χ0) is 40.9. The predicted octanol–water partition coefficient (Wildman–Crippen LogP) is 14.5. The molecular weight excluding hydrogens is 979 g/mol. The maximum absolute atomic E-state index is 4.09. The topological polar surface area (TPSA) is 38.7 Å². The summed E-state index contributed by atoms with van der Waals surface area (Å²) in [5.74, 6) is 2.91. The van der Waals surface area contributed by atoms with Crippen LogP contribution >= 0.6 is 35.3 Å². The minimum atomic E-state index is 0. The molecule has 0 fully saturated rings. The molecule has 0 radical (unpaired) electrons. The van der Waals surface area contributed by atoms with Crippen LogP contribution in [0.15, 0.2) is 233 Å². The molecule has 61 heavy (non-hydrogen) atoms. The maximum Gasteiger partial charge on any atom is 3.00 e. The SMILES string of the molecule is [Ir+3].[c-]1ncccc1-c1ccccc1SCc1ccccc1.[c-]1ncccc1-c1ccccc1SCc1ccccc1.[c-]1ncccc1-c1ccccc1SCc1ccccc1. The molecule has 300 valence electrons. The number of hydrogen-bond donors (Lipinski definition) is 0. The van der Waals surface area contributed by atoms with Crippen molar-refractivity contribution in [3.05, 3.63) is 254 Å². The summed E-state index contributed by atoms with van der Waals surface area (Å²) in [6, 6.07) is 68.8. The van der Waals surface area contributed by atoms with Gasteiger partial charge in [0, 0.05) is 17.3 Å². The van der Waals surface area contributed by atoms with E-state index in [9.17, 15) is 0 Å². The summed E-state index contributed by atoms with van der Waals surface area (Å²) >= 11 is 5.54. The van der Waals surface area contributed by atoms with E-state index in [4.69, 9.17) is 0 Å². The molecule has 0 bridgehead atoms. The number of hydrogen-bond acceptors (Lipinski definition) is 6. The smallest absolute Gasteiger partial charge is 0.360 e. The zero-order valence-electron chi connectivity index (χ0n) is 33.3. The molecule has 0 spiro atoms. The monoisotopic (exact) mass is 1020 g/mol. The van der Waals surface area contributed by atoms with E-state index < -0.39 is 0 Å². The first-order valence-electron chi connectivity index (χ1n) is 19.6. The van der Waals surface area contributed by atoms with Crippen LogP contribution in [-0.2, 0) is 37.4 Å². The van der Waals surface area contributed by atoms with Gasteiger partial charge in [-0.15, -0.1) is 88.4 Å². The molecule has 3 heterocycles. The molecule has 0 atom stereocenters. The van der Waals surface area contributed by atoms with Crippen LogP contribution < -0.4 is 0 Å². The number of nitrogens with zero attached hydrogens (tertiary/aromatic N) is 3. The van der Waals surface area contributed by atoms with Crippen molar-refractivity contribution in [2.75, 3.05) is 0 Å². The van der Waals surface area contributed by atoms with Gasteiger partial charge in [0.25, 0.3) is 0 Å². The molecule has 0 aliphatic heterocycles. The molecule has 0 saturated heterocycles. The molecule has 0 N–H and O–H groups in total. The van der Waals surface area contributed by atoms with Crippen molar-refractivity contribution in [2.45, 2.75) is 31.9 Å². The van der Waals surface area contributed by atoms with Crippen molar-refractivity contribution < 1.29 is 20.1 Å². The summed E-state index contributed by atoms with van der Waals surface area (Å²) in [6.07, 6.45) is 14.4. The van der Waals surface area contributed by atoms with Crippen LogP contribution in [-0.4, -0.2) is 15.0 Å². The van der Waals surface area contributed by atoms with Crippen LogP contribution in [0, 0.1) is 18.6 Å². The van der Waals surface area contributed by atoms with Gasteiger partial charge in [-0.25, -0.2) is 0 Å². The minimum absolute atomic E-state index is 0. The number of pyridine rings is 3. The summed E-state index contributed by atoms with van der Waals surface area (Å²) in [5, 5.41) is 0. The summed E-state index contributed by atoms with van der Waals surface area (Å²) < 4.78 is 0. The van der Waals surface area contributed by atoms with Crippen molar-refractivity contribution in [3.63, 3.8) is 0 Å². The van der Waals surface area contributed by atoms with Gasteiger partial charge in [-0.05, 0) is 50.0 Å². The molecule has 3 nitrogen and oxygen atoms in total. The molecule has 6 aromatic carbocycles. The Morgan fingerprint density at radius 2 is 0.557 bits per heavy atom.